The van der Waals surface area contributed by atoms with Crippen molar-refractivity contribution in [3.05, 3.63) is 42.2 Å². The second kappa shape index (κ2) is 3.51. The highest BCUT2D eigenvalue weighted by Gasteiger charge is 2.60. The number of halogens is 1. The molecule has 4 nitrogen and oxygen atoms in total. The van der Waals surface area contributed by atoms with Gasteiger partial charge in [0.25, 0.3) is 0 Å². The summed E-state index contributed by atoms with van der Waals surface area (Å²) < 4.78 is 18.5. The fraction of sp³-hybridized carbons (Fsp3) is 0.286. The Kier molecular flexibility index (Phi) is 2.01. The molecule has 2 saturated heterocycles. The number of carbonyl (C=O) groups is 2. The van der Waals surface area contributed by atoms with Crippen LogP contribution in [0.25, 0.3) is 0 Å². The smallest absolute Gasteiger partial charge is 0.240 e. The van der Waals surface area contributed by atoms with Crippen molar-refractivity contribution in [1.82, 2.24) is 0 Å². The minimum Gasteiger partial charge on any atom is -0.365 e. The number of nitrogens with zero attached hydrogens (tertiary/aromatic N) is 1. The Hall–Kier alpha value is -2.01. The molecule has 3 aliphatic heterocycles. The summed E-state index contributed by atoms with van der Waals surface area (Å²) in [7, 11) is 0. The first-order chi connectivity index (χ1) is 9.16. The second-order valence-electron chi connectivity index (χ2n) is 4.99. The summed E-state index contributed by atoms with van der Waals surface area (Å²) in [4.78, 5) is 25.9. The molecule has 0 spiro atoms. The Balaban J connectivity index is 1.74. The molecule has 1 aromatic carbocycles. The van der Waals surface area contributed by atoms with Crippen molar-refractivity contribution in [2.24, 2.45) is 11.8 Å². The third kappa shape index (κ3) is 1.30. The molecule has 0 aliphatic carbocycles. The standard InChI is InChI=1S/C14H10FNO3/c15-7-1-3-8(4-2-7)16-13(17)11-9-5-6-10(19-9)12(11)14(16)18/h1-6,9-12H/t9-,10+,11-,12+. The highest BCUT2D eigenvalue weighted by molar-refractivity contribution is 6.23. The van der Waals surface area contributed by atoms with E-state index in [1.54, 1.807) is 0 Å². The van der Waals surface area contributed by atoms with E-state index in [1.807, 2.05) is 12.2 Å². The molecule has 0 N–H and O–H groups in total. The van der Waals surface area contributed by atoms with Gasteiger partial charge in [-0.2, -0.15) is 0 Å². The third-order valence-corrected chi connectivity index (χ3v) is 4.00. The number of carbonyl (C=O) groups excluding carboxylic acids is 2. The van der Waals surface area contributed by atoms with Crippen molar-refractivity contribution in [3.8, 4) is 0 Å². The molecule has 3 aliphatic rings. The summed E-state index contributed by atoms with van der Waals surface area (Å²) in [5.74, 6) is -1.75. The van der Waals surface area contributed by atoms with Gasteiger partial charge in [0.2, 0.25) is 11.8 Å². The summed E-state index contributed by atoms with van der Waals surface area (Å²) in [6.45, 7) is 0. The van der Waals surface area contributed by atoms with E-state index in [4.69, 9.17) is 4.74 Å². The maximum atomic E-state index is 12.9. The molecule has 96 valence electrons. The van der Waals surface area contributed by atoms with Crippen molar-refractivity contribution in [2.75, 3.05) is 4.90 Å². The largest absolute Gasteiger partial charge is 0.365 e. The van der Waals surface area contributed by atoms with E-state index >= 15 is 0 Å². The van der Waals surface area contributed by atoms with Gasteiger partial charge < -0.3 is 4.74 Å². The van der Waals surface area contributed by atoms with E-state index < -0.39 is 17.7 Å². The number of benzene rings is 1. The summed E-state index contributed by atoms with van der Waals surface area (Å²) in [6, 6.07) is 5.38. The Morgan fingerprint density at radius 2 is 1.47 bits per heavy atom. The van der Waals surface area contributed by atoms with Crippen molar-refractivity contribution in [2.45, 2.75) is 12.2 Å². The molecule has 0 unspecified atom stereocenters. The Morgan fingerprint density at radius 1 is 0.947 bits per heavy atom. The lowest BCUT2D eigenvalue weighted by atomic mass is 9.85. The number of rotatable bonds is 1. The van der Waals surface area contributed by atoms with E-state index in [0.717, 1.165) is 4.90 Å². The van der Waals surface area contributed by atoms with Crippen LogP contribution in [0.5, 0.6) is 0 Å². The van der Waals surface area contributed by atoms with Gasteiger partial charge in [-0.3, -0.25) is 9.59 Å². The predicted octanol–water partition coefficient (Wildman–Crippen LogP) is 1.27. The van der Waals surface area contributed by atoms with Crippen LogP contribution in [0, 0.1) is 17.7 Å². The number of anilines is 1. The number of fused-ring (bicyclic) bond motifs is 5. The number of imide groups is 1. The van der Waals surface area contributed by atoms with Gasteiger partial charge in [-0.15, -0.1) is 0 Å². The molecule has 1 aromatic rings. The summed E-state index contributed by atoms with van der Waals surface area (Å²) >= 11 is 0. The van der Waals surface area contributed by atoms with Crippen LogP contribution in [-0.2, 0) is 14.3 Å². The van der Waals surface area contributed by atoms with Crippen LogP contribution in [0.4, 0.5) is 10.1 Å². The highest BCUT2D eigenvalue weighted by atomic mass is 19.1. The molecule has 2 amide bonds. The zero-order valence-corrected chi connectivity index (χ0v) is 9.82. The van der Waals surface area contributed by atoms with Crippen molar-refractivity contribution >= 4 is 17.5 Å². The first kappa shape index (κ1) is 10.9. The van der Waals surface area contributed by atoms with E-state index in [1.165, 1.54) is 24.3 Å². The van der Waals surface area contributed by atoms with Crippen molar-refractivity contribution in [3.63, 3.8) is 0 Å². The van der Waals surface area contributed by atoms with Crippen LogP contribution in [-0.4, -0.2) is 24.0 Å². The van der Waals surface area contributed by atoms with Crippen LogP contribution in [0.3, 0.4) is 0 Å². The number of amides is 2. The van der Waals surface area contributed by atoms with Gasteiger partial charge in [-0.05, 0) is 24.3 Å². The summed E-state index contributed by atoms with van der Waals surface area (Å²) in [5, 5.41) is 0. The first-order valence-electron chi connectivity index (χ1n) is 6.14. The monoisotopic (exact) mass is 259 g/mol. The van der Waals surface area contributed by atoms with Gasteiger partial charge in [0.15, 0.2) is 0 Å². The van der Waals surface area contributed by atoms with Gasteiger partial charge in [-0.1, -0.05) is 12.2 Å². The van der Waals surface area contributed by atoms with Crippen LogP contribution in [0.1, 0.15) is 0 Å². The highest BCUT2D eigenvalue weighted by Crippen LogP contribution is 2.46. The second-order valence-corrected chi connectivity index (χ2v) is 4.99. The summed E-state index contributed by atoms with van der Waals surface area (Å²) in [5.41, 5.74) is 0.421. The lowest BCUT2D eigenvalue weighted by Gasteiger charge is -2.17. The minimum atomic E-state index is -0.424. The number of hydrogen-bond donors (Lipinski definition) is 0. The van der Waals surface area contributed by atoms with Crippen molar-refractivity contribution < 1.29 is 18.7 Å². The SMILES string of the molecule is O=C1[C@@H]2[C@H](C(=O)N1c1ccc(F)cc1)[C@H]1C=C[C@@H]2O1. The van der Waals surface area contributed by atoms with Crippen LogP contribution < -0.4 is 4.90 Å². The topological polar surface area (TPSA) is 46.6 Å². The average molecular weight is 259 g/mol. The van der Waals surface area contributed by atoms with Crippen LogP contribution in [0.15, 0.2) is 36.4 Å². The average Bonchev–Trinajstić information content (AvgIpc) is 3.06. The fourth-order valence-corrected chi connectivity index (χ4v) is 3.15. The van der Waals surface area contributed by atoms with E-state index in [2.05, 4.69) is 0 Å². The van der Waals surface area contributed by atoms with E-state index in [-0.39, 0.29) is 24.0 Å². The Morgan fingerprint density at radius 3 is 2.00 bits per heavy atom. The van der Waals surface area contributed by atoms with Gasteiger partial charge in [0.05, 0.1) is 29.7 Å². The van der Waals surface area contributed by atoms with E-state index in [0.29, 0.717) is 5.69 Å². The molecule has 4 atom stereocenters. The predicted molar refractivity (Wildman–Crippen MR) is 63.7 cm³/mol. The number of hydrogen-bond acceptors (Lipinski definition) is 3. The molecule has 2 bridgehead atoms. The lowest BCUT2D eigenvalue weighted by molar-refractivity contribution is -0.124. The molecule has 5 heteroatoms. The number of ether oxygens (including phenoxy) is 1. The Bertz CT molecular complexity index is 580. The van der Waals surface area contributed by atoms with E-state index in [9.17, 15) is 14.0 Å². The van der Waals surface area contributed by atoms with Gasteiger partial charge in [0, 0.05) is 0 Å². The Labute approximate surface area is 108 Å². The molecule has 19 heavy (non-hydrogen) atoms. The maximum absolute atomic E-state index is 12.9. The normalized spacial score (nSPS) is 35.3. The molecule has 2 fully saturated rings. The van der Waals surface area contributed by atoms with Crippen LogP contribution >= 0.6 is 0 Å². The van der Waals surface area contributed by atoms with Crippen molar-refractivity contribution in [1.29, 1.82) is 0 Å². The lowest BCUT2D eigenvalue weighted by Crippen LogP contribution is -2.34. The van der Waals surface area contributed by atoms with Gasteiger partial charge in [-0.25, -0.2) is 9.29 Å². The third-order valence-electron chi connectivity index (χ3n) is 4.00. The quantitative estimate of drug-likeness (QED) is 0.563. The molecule has 0 aromatic heterocycles. The minimum absolute atomic E-state index is 0.251. The summed E-state index contributed by atoms with van der Waals surface area (Å²) in [6.07, 6.45) is 3.09. The fourth-order valence-electron chi connectivity index (χ4n) is 3.15. The molecule has 3 heterocycles. The van der Waals surface area contributed by atoms with Crippen LogP contribution in [0.2, 0.25) is 0 Å². The first-order valence-corrected chi connectivity index (χ1v) is 6.14. The zero-order chi connectivity index (χ0) is 13.1. The molecular formula is C14H10FNO3. The molecule has 0 radical (unpaired) electrons. The molecule has 4 rings (SSSR count). The van der Waals surface area contributed by atoms with Gasteiger partial charge >= 0.3 is 0 Å². The molecular weight excluding hydrogens is 249 g/mol. The maximum Gasteiger partial charge on any atom is 0.240 e. The van der Waals surface area contributed by atoms with Gasteiger partial charge in [0.1, 0.15) is 5.82 Å². The molecule has 0 saturated carbocycles. The zero-order valence-electron chi connectivity index (χ0n) is 9.82.